The Morgan fingerprint density at radius 3 is 2.75 bits per heavy atom. The average molecular weight is 333 g/mol. The summed E-state index contributed by atoms with van der Waals surface area (Å²) in [4.78, 5) is 25.3. The Kier molecular flexibility index (Phi) is 5.83. The molecule has 0 unspecified atom stereocenters. The van der Waals surface area contributed by atoms with Gasteiger partial charge < -0.3 is 15.4 Å². The number of amides is 2. The number of anilines is 1. The maximum Gasteiger partial charge on any atom is 0.407 e. The Morgan fingerprint density at radius 1 is 1.33 bits per heavy atom. The molecule has 0 aromatic heterocycles. The first-order valence-electron chi connectivity index (χ1n) is 8.30. The molecule has 1 heterocycles. The number of alkyl carbamates (subject to hydrolysis) is 1. The standard InChI is InChI=1S/C18H27N3O3/c1-13(22)19-15-7-5-6-14(10-15)11-21-9-8-16(12-21)20-17(23)24-18(2,3)4/h5-7,10,16H,8-9,11-12H2,1-4H3,(H,19,22)(H,20,23)/t16-/m1/s1. The van der Waals surface area contributed by atoms with E-state index in [-0.39, 0.29) is 18.0 Å². The number of carbonyl (C=O) groups excluding carboxylic acids is 2. The molecule has 1 aliphatic rings. The number of nitrogens with zero attached hydrogens (tertiary/aromatic N) is 1. The molecule has 2 amide bonds. The molecule has 6 nitrogen and oxygen atoms in total. The number of benzene rings is 1. The Morgan fingerprint density at radius 2 is 2.08 bits per heavy atom. The molecule has 1 aromatic rings. The molecule has 0 bridgehead atoms. The van der Waals surface area contributed by atoms with Gasteiger partial charge in [-0.25, -0.2) is 4.79 Å². The number of carbonyl (C=O) groups is 2. The van der Waals surface area contributed by atoms with Gasteiger partial charge in [0.25, 0.3) is 0 Å². The molecule has 24 heavy (non-hydrogen) atoms. The van der Waals surface area contributed by atoms with Crippen LogP contribution >= 0.6 is 0 Å². The highest BCUT2D eigenvalue weighted by Crippen LogP contribution is 2.17. The van der Waals surface area contributed by atoms with Gasteiger partial charge >= 0.3 is 6.09 Å². The van der Waals surface area contributed by atoms with E-state index in [9.17, 15) is 9.59 Å². The van der Waals surface area contributed by atoms with Crippen LogP contribution in [0.4, 0.5) is 10.5 Å². The molecule has 1 aromatic carbocycles. The minimum Gasteiger partial charge on any atom is -0.444 e. The second-order valence-corrected chi connectivity index (χ2v) is 7.25. The topological polar surface area (TPSA) is 70.7 Å². The van der Waals surface area contributed by atoms with Crippen molar-refractivity contribution in [2.75, 3.05) is 18.4 Å². The third-order valence-electron chi connectivity index (χ3n) is 3.65. The Bertz CT molecular complexity index is 595. The molecule has 1 aliphatic heterocycles. The van der Waals surface area contributed by atoms with Crippen molar-refractivity contribution in [3.63, 3.8) is 0 Å². The second kappa shape index (κ2) is 7.66. The van der Waals surface area contributed by atoms with Gasteiger partial charge in [0.15, 0.2) is 0 Å². The van der Waals surface area contributed by atoms with E-state index in [2.05, 4.69) is 15.5 Å². The highest BCUT2D eigenvalue weighted by Gasteiger charge is 2.26. The Balaban J connectivity index is 1.83. The molecule has 2 rings (SSSR count). The van der Waals surface area contributed by atoms with E-state index in [1.54, 1.807) is 0 Å². The summed E-state index contributed by atoms with van der Waals surface area (Å²) >= 11 is 0. The van der Waals surface area contributed by atoms with Gasteiger partial charge in [-0.15, -0.1) is 0 Å². The Labute approximate surface area is 143 Å². The van der Waals surface area contributed by atoms with E-state index in [0.717, 1.165) is 37.3 Å². The van der Waals surface area contributed by atoms with Gasteiger partial charge in [-0.1, -0.05) is 12.1 Å². The van der Waals surface area contributed by atoms with Crippen LogP contribution in [0.1, 0.15) is 39.7 Å². The van der Waals surface area contributed by atoms with Crippen LogP contribution < -0.4 is 10.6 Å². The number of ether oxygens (including phenoxy) is 1. The van der Waals surface area contributed by atoms with Crippen LogP contribution in [-0.4, -0.2) is 41.6 Å². The lowest BCUT2D eigenvalue weighted by Gasteiger charge is -2.22. The van der Waals surface area contributed by atoms with E-state index in [0.29, 0.717) is 0 Å². The fraction of sp³-hybridized carbons (Fsp3) is 0.556. The van der Waals surface area contributed by atoms with Gasteiger partial charge in [-0.3, -0.25) is 9.69 Å². The maximum absolute atomic E-state index is 11.8. The molecule has 0 radical (unpaired) electrons. The molecule has 1 saturated heterocycles. The molecule has 0 spiro atoms. The van der Waals surface area contributed by atoms with Crippen LogP contribution in [0.3, 0.4) is 0 Å². The third-order valence-corrected chi connectivity index (χ3v) is 3.65. The van der Waals surface area contributed by atoms with Gasteiger partial charge in [0.1, 0.15) is 5.60 Å². The van der Waals surface area contributed by atoms with Crippen LogP contribution in [0.15, 0.2) is 24.3 Å². The van der Waals surface area contributed by atoms with E-state index in [1.165, 1.54) is 6.92 Å². The highest BCUT2D eigenvalue weighted by molar-refractivity contribution is 5.88. The van der Waals surface area contributed by atoms with Gasteiger partial charge in [0, 0.05) is 38.3 Å². The molecular formula is C18H27N3O3. The highest BCUT2D eigenvalue weighted by atomic mass is 16.6. The SMILES string of the molecule is CC(=O)Nc1cccc(CN2CC[C@@H](NC(=O)OC(C)(C)C)C2)c1. The zero-order valence-corrected chi connectivity index (χ0v) is 14.9. The fourth-order valence-electron chi connectivity index (χ4n) is 2.78. The predicted octanol–water partition coefficient (Wildman–Crippen LogP) is 2.74. The number of hydrogen-bond donors (Lipinski definition) is 2. The van der Waals surface area contributed by atoms with Crippen molar-refractivity contribution in [3.05, 3.63) is 29.8 Å². The summed E-state index contributed by atoms with van der Waals surface area (Å²) in [7, 11) is 0. The third kappa shape index (κ3) is 6.20. The largest absolute Gasteiger partial charge is 0.444 e. The minimum absolute atomic E-state index is 0.0741. The average Bonchev–Trinajstić information content (AvgIpc) is 2.83. The first-order valence-corrected chi connectivity index (χ1v) is 8.30. The second-order valence-electron chi connectivity index (χ2n) is 7.25. The summed E-state index contributed by atoms with van der Waals surface area (Å²) in [5.74, 6) is -0.0741. The first-order chi connectivity index (χ1) is 11.2. The summed E-state index contributed by atoms with van der Waals surface area (Å²) in [5, 5.41) is 5.72. The summed E-state index contributed by atoms with van der Waals surface area (Å²) in [5.41, 5.74) is 1.47. The maximum atomic E-state index is 11.8. The quantitative estimate of drug-likeness (QED) is 0.889. The van der Waals surface area contributed by atoms with Crippen molar-refractivity contribution >= 4 is 17.7 Å². The molecule has 132 valence electrons. The van der Waals surface area contributed by atoms with Crippen LogP contribution in [0, 0.1) is 0 Å². The molecule has 1 atom stereocenters. The number of hydrogen-bond acceptors (Lipinski definition) is 4. The van der Waals surface area contributed by atoms with E-state index in [4.69, 9.17) is 4.74 Å². The summed E-state index contributed by atoms with van der Waals surface area (Å²) in [6, 6.07) is 7.95. The number of likely N-dealkylation sites (tertiary alicyclic amines) is 1. The van der Waals surface area contributed by atoms with Crippen molar-refractivity contribution in [2.45, 2.75) is 52.3 Å². The van der Waals surface area contributed by atoms with Crippen LogP contribution in [0.2, 0.25) is 0 Å². The Hall–Kier alpha value is -2.08. The summed E-state index contributed by atoms with van der Waals surface area (Å²) in [6.07, 6.45) is 0.548. The van der Waals surface area contributed by atoms with E-state index < -0.39 is 5.60 Å². The molecular weight excluding hydrogens is 306 g/mol. The van der Waals surface area contributed by atoms with Crippen LogP contribution in [0.5, 0.6) is 0 Å². The smallest absolute Gasteiger partial charge is 0.407 e. The monoisotopic (exact) mass is 333 g/mol. The summed E-state index contributed by atoms with van der Waals surface area (Å²) in [6.45, 7) is 9.58. The lowest BCUT2D eigenvalue weighted by atomic mass is 10.2. The van der Waals surface area contributed by atoms with Crippen molar-refractivity contribution in [1.29, 1.82) is 0 Å². The van der Waals surface area contributed by atoms with Crippen molar-refractivity contribution in [2.24, 2.45) is 0 Å². The zero-order valence-electron chi connectivity index (χ0n) is 14.9. The van der Waals surface area contributed by atoms with Crippen LogP contribution in [0.25, 0.3) is 0 Å². The van der Waals surface area contributed by atoms with Crippen LogP contribution in [-0.2, 0) is 16.1 Å². The summed E-state index contributed by atoms with van der Waals surface area (Å²) < 4.78 is 5.30. The predicted molar refractivity (Wildman–Crippen MR) is 93.8 cm³/mol. The van der Waals surface area contributed by atoms with Gasteiger partial charge in [0.05, 0.1) is 0 Å². The van der Waals surface area contributed by atoms with Crippen molar-refractivity contribution < 1.29 is 14.3 Å². The molecule has 2 N–H and O–H groups in total. The normalized spacial score (nSPS) is 18.2. The number of rotatable bonds is 4. The van der Waals surface area contributed by atoms with E-state index in [1.807, 2.05) is 45.0 Å². The van der Waals surface area contributed by atoms with Crippen molar-refractivity contribution in [3.8, 4) is 0 Å². The molecule has 6 heteroatoms. The zero-order chi connectivity index (χ0) is 17.7. The first kappa shape index (κ1) is 18.3. The van der Waals surface area contributed by atoms with Gasteiger partial charge in [0.2, 0.25) is 5.91 Å². The molecule has 1 fully saturated rings. The van der Waals surface area contributed by atoms with Gasteiger partial charge in [-0.05, 0) is 44.9 Å². The minimum atomic E-state index is -0.480. The van der Waals surface area contributed by atoms with Crippen molar-refractivity contribution in [1.82, 2.24) is 10.2 Å². The number of nitrogens with one attached hydrogen (secondary N) is 2. The lowest BCUT2D eigenvalue weighted by Crippen LogP contribution is -2.40. The van der Waals surface area contributed by atoms with Gasteiger partial charge in [-0.2, -0.15) is 0 Å². The molecule has 0 saturated carbocycles. The fourth-order valence-corrected chi connectivity index (χ4v) is 2.78. The van der Waals surface area contributed by atoms with E-state index >= 15 is 0 Å². The lowest BCUT2D eigenvalue weighted by molar-refractivity contribution is -0.114. The molecule has 0 aliphatic carbocycles.